The monoisotopic (exact) mass is 577 g/mol. The van der Waals surface area contributed by atoms with Gasteiger partial charge in [0, 0.05) is 56.3 Å². The third-order valence-corrected chi connectivity index (χ3v) is 8.59. The molecule has 3 aliphatic rings. The molecule has 3 aliphatic heterocycles. The first kappa shape index (κ1) is 27.4. The molecule has 0 aliphatic carbocycles. The lowest BCUT2D eigenvalue weighted by Crippen LogP contribution is -2.56. The van der Waals surface area contributed by atoms with E-state index in [2.05, 4.69) is 41.6 Å². The lowest BCUT2D eigenvalue weighted by Gasteiger charge is -2.40. The summed E-state index contributed by atoms with van der Waals surface area (Å²) in [5, 5.41) is 14.6. The predicted octanol–water partition coefficient (Wildman–Crippen LogP) is 4.74. The quantitative estimate of drug-likeness (QED) is 0.417. The molecule has 3 N–H and O–H groups in total. The van der Waals surface area contributed by atoms with Gasteiger partial charge in [-0.2, -0.15) is 5.10 Å². The van der Waals surface area contributed by atoms with Crippen molar-refractivity contribution in [3.8, 4) is 0 Å². The van der Waals surface area contributed by atoms with Gasteiger partial charge in [0.25, 0.3) is 0 Å². The number of carbonyl (C=O) groups excluding carboxylic acids is 3. The van der Waals surface area contributed by atoms with Crippen LogP contribution in [0.1, 0.15) is 50.3 Å². The summed E-state index contributed by atoms with van der Waals surface area (Å²) < 4.78 is 0. The molecule has 216 valence electrons. The molecule has 41 heavy (non-hydrogen) atoms. The summed E-state index contributed by atoms with van der Waals surface area (Å²) in [6.45, 7) is 8.84. The Morgan fingerprint density at radius 3 is 2.63 bits per heavy atom. The number of fused-ring (bicyclic) bond motifs is 4. The van der Waals surface area contributed by atoms with Crippen molar-refractivity contribution < 1.29 is 14.4 Å². The average molecular weight is 578 g/mol. The maximum absolute atomic E-state index is 13.8. The number of benzene rings is 2. The number of nitrogens with zero attached hydrogens (tertiary/aromatic N) is 4. The molecule has 0 radical (unpaired) electrons. The van der Waals surface area contributed by atoms with Crippen LogP contribution < -0.4 is 10.6 Å². The standard InChI is InChI=1S/C30H36ClN7O3/c1-30(2,3)17-37-16-22-19(12-23(31)26-21(22)14-32-35-26)13-25(27(37)39)34-28(40)36-10-8-20(9-11-36)38-15-18-6-4-5-7-24(18)33-29(38)41/h4-7,12,14,20,25H,8-11,13,15-17H2,1-3H3,(H,32,35)(H,33,41)(H,34,40)/t25-/m1/s1. The highest BCUT2D eigenvalue weighted by molar-refractivity contribution is 6.35. The minimum atomic E-state index is -0.714. The Morgan fingerprint density at radius 2 is 1.88 bits per heavy atom. The van der Waals surface area contributed by atoms with Gasteiger partial charge in [0.15, 0.2) is 0 Å². The molecule has 0 bridgehead atoms. The molecule has 11 heteroatoms. The van der Waals surface area contributed by atoms with Crippen molar-refractivity contribution in [2.24, 2.45) is 5.41 Å². The van der Waals surface area contributed by atoms with Gasteiger partial charge in [-0.05, 0) is 47.1 Å². The fraction of sp³-hybridized carbons (Fsp3) is 0.467. The highest BCUT2D eigenvalue weighted by Crippen LogP contribution is 2.33. The molecular weight excluding hydrogens is 542 g/mol. The summed E-state index contributed by atoms with van der Waals surface area (Å²) in [4.78, 5) is 45.6. The van der Waals surface area contributed by atoms with E-state index in [1.807, 2.05) is 40.1 Å². The Labute approximate surface area is 244 Å². The van der Waals surface area contributed by atoms with Crippen LogP contribution >= 0.6 is 11.6 Å². The number of likely N-dealkylation sites (tertiary alicyclic amines) is 1. The van der Waals surface area contributed by atoms with Gasteiger partial charge in [-0.15, -0.1) is 0 Å². The molecule has 0 spiro atoms. The number of para-hydroxylation sites is 1. The van der Waals surface area contributed by atoms with Gasteiger partial charge in [0.2, 0.25) is 5.91 Å². The summed E-state index contributed by atoms with van der Waals surface area (Å²) in [5.74, 6) is -0.101. The largest absolute Gasteiger partial charge is 0.336 e. The SMILES string of the molecule is CC(C)(C)CN1Cc2c(cc(Cl)c3[nH]ncc23)C[C@@H](NC(=O)N2CCC(N3Cc4ccccc4NC3=O)CC2)C1=O. The number of piperidine rings is 1. The van der Waals surface area contributed by atoms with Crippen molar-refractivity contribution in [3.05, 3.63) is 58.2 Å². The number of nitrogens with one attached hydrogen (secondary N) is 3. The normalized spacial score (nSPS) is 20.0. The molecule has 4 heterocycles. The molecule has 0 saturated carbocycles. The third kappa shape index (κ3) is 5.45. The van der Waals surface area contributed by atoms with Crippen molar-refractivity contribution in [2.45, 2.75) is 65.2 Å². The fourth-order valence-corrected chi connectivity index (χ4v) is 6.58. The number of carbonyl (C=O) groups is 3. The second-order valence-electron chi connectivity index (χ2n) is 12.5. The summed E-state index contributed by atoms with van der Waals surface area (Å²) in [6, 6.07) is 8.69. The summed E-state index contributed by atoms with van der Waals surface area (Å²) in [5.41, 5.74) is 4.52. The van der Waals surface area contributed by atoms with Crippen LogP contribution in [-0.2, 0) is 24.3 Å². The zero-order valence-electron chi connectivity index (χ0n) is 23.7. The van der Waals surface area contributed by atoms with Crippen LogP contribution in [0.4, 0.5) is 15.3 Å². The molecule has 3 aromatic rings. The van der Waals surface area contributed by atoms with Gasteiger partial charge >= 0.3 is 12.1 Å². The molecule has 0 unspecified atom stereocenters. The van der Waals surface area contributed by atoms with E-state index in [0.29, 0.717) is 57.0 Å². The van der Waals surface area contributed by atoms with Crippen LogP contribution in [0.5, 0.6) is 0 Å². The Bertz CT molecular complexity index is 1510. The predicted molar refractivity (Wildman–Crippen MR) is 158 cm³/mol. The molecule has 1 saturated heterocycles. The number of H-pyrrole nitrogens is 1. The molecule has 1 aromatic heterocycles. The van der Waals surface area contributed by atoms with E-state index >= 15 is 0 Å². The first-order chi connectivity index (χ1) is 19.6. The number of hydrogen-bond acceptors (Lipinski definition) is 4. The van der Waals surface area contributed by atoms with Crippen LogP contribution in [0.2, 0.25) is 5.02 Å². The van der Waals surface area contributed by atoms with Crippen LogP contribution in [0.25, 0.3) is 10.9 Å². The topological polar surface area (TPSA) is 114 Å². The number of hydrogen-bond donors (Lipinski definition) is 3. The number of aromatic nitrogens is 2. The number of aromatic amines is 1. The Balaban J connectivity index is 1.16. The molecule has 1 atom stereocenters. The molecular formula is C30H36ClN7O3. The Kier molecular flexibility index (Phi) is 7.05. The molecule has 2 aromatic carbocycles. The maximum Gasteiger partial charge on any atom is 0.322 e. The highest BCUT2D eigenvalue weighted by atomic mass is 35.5. The van der Waals surface area contributed by atoms with Crippen LogP contribution in [0.3, 0.4) is 0 Å². The van der Waals surface area contributed by atoms with E-state index in [1.54, 1.807) is 11.1 Å². The Hall–Kier alpha value is -3.79. The number of urea groups is 2. The van der Waals surface area contributed by atoms with Gasteiger partial charge < -0.3 is 25.3 Å². The van der Waals surface area contributed by atoms with Crippen molar-refractivity contribution in [1.29, 1.82) is 0 Å². The van der Waals surface area contributed by atoms with Crippen molar-refractivity contribution >= 4 is 46.2 Å². The molecule has 5 amide bonds. The number of amides is 5. The van der Waals surface area contributed by atoms with Gasteiger partial charge in [0.05, 0.1) is 16.7 Å². The first-order valence-electron chi connectivity index (χ1n) is 14.2. The van der Waals surface area contributed by atoms with Crippen LogP contribution in [-0.4, -0.2) is 74.6 Å². The Morgan fingerprint density at radius 1 is 1.12 bits per heavy atom. The van der Waals surface area contributed by atoms with Crippen LogP contribution in [0, 0.1) is 5.41 Å². The highest BCUT2D eigenvalue weighted by Gasteiger charge is 2.37. The van der Waals surface area contributed by atoms with E-state index in [1.165, 1.54) is 0 Å². The fourth-order valence-electron chi connectivity index (χ4n) is 6.30. The molecule has 1 fully saturated rings. The van der Waals surface area contributed by atoms with E-state index in [4.69, 9.17) is 11.6 Å². The van der Waals surface area contributed by atoms with Gasteiger partial charge in [-0.3, -0.25) is 9.89 Å². The molecule has 10 nitrogen and oxygen atoms in total. The summed E-state index contributed by atoms with van der Waals surface area (Å²) >= 11 is 6.56. The van der Waals surface area contributed by atoms with Gasteiger partial charge in [-0.25, -0.2) is 9.59 Å². The number of anilines is 1. The first-order valence-corrected chi connectivity index (χ1v) is 14.6. The average Bonchev–Trinajstić information content (AvgIpc) is 3.39. The lowest BCUT2D eigenvalue weighted by atomic mass is 9.95. The summed E-state index contributed by atoms with van der Waals surface area (Å²) in [7, 11) is 0. The minimum Gasteiger partial charge on any atom is -0.336 e. The van der Waals surface area contributed by atoms with E-state index in [0.717, 1.165) is 33.3 Å². The zero-order valence-corrected chi connectivity index (χ0v) is 24.4. The van der Waals surface area contributed by atoms with E-state index in [-0.39, 0.29) is 29.4 Å². The number of rotatable bonds is 3. The second kappa shape index (κ2) is 10.6. The summed E-state index contributed by atoms with van der Waals surface area (Å²) in [6.07, 6.45) is 3.46. The van der Waals surface area contributed by atoms with Crippen molar-refractivity contribution in [3.63, 3.8) is 0 Å². The third-order valence-electron chi connectivity index (χ3n) is 8.29. The maximum atomic E-state index is 13.8. The molecule has 6 rings (SSSR count). The van der Waals surface area contributed by atoms with Gasteiger partial charge in [-0.1, -0.05) is 50.6 Å². The van der Waals surface area contributed by atoms with Crippen molar-refractivity contribution in [2.75, 3.05) is 25.0 Å². The number of halogens is 1. The van der Waals surface area contributed by atoms with E-state index < -0.39 is 6.04 Å². The van der Waals surface area contributed by atoms with Gasteiger partial charge in [0.1, 0.15) is 6.04 Å². The smallest absolute Gasteiger partial charge is 0.322 e. The van der Waals surface area contributed by atoms with E-state index in [9.17, 15) is 14.4 Å². The van der Waals surface area contributed by atoms with Crippen LogP contribution in [0.15, 0.2) is 36.5 Å². The van der Waals surface area contributed by atoms with Crippen molar-refractivity contribution in [1.82, 2.24) is 30.2 Å². The zero-order chi connectivity index (χ0) is 28.9. The second-order valence-corrected chi connectivity index (χ2v) is 13.0. The minimum absolute atomic E-state index is 0.0422. The lowest BCUT2D eigenvalue weighted by molar-refractivity contribution is -0.134.